The van der Waals surface area contributed by atoms with E-state index in [0.29, 0.717) is 5.06 Å². The number of para-hydroxylation sites is 1. The minimum Gasteiger partial charge on any atom is -0.264 e. The van der Waals surface area contributed by atoms with Gasteiger partial charge in [-0.05, 0) is 0 Å². The van der Waals surface area contributed by atoms with Crippen LogP contribution in [0.4, 0.5) is 5.69 Å². The molecule has 8 nitrogen and oxygen atoms in total. The van der Waals surface area contributed by atoms with E-state index in [4.69, 9.17) is 9.39 Å². The van der Waals surface area contributed by atoms with Crippen molar-refractivity contribution in [1.82, 2.24) is 0 Å². The zero-order chi connectivity index (χ0) is 15.9. The number of rotatable bonds is 9. The highest BCUT2D eigenvalue weighted by molar-refractivity contribution is 7.91. The fourth-order valence-corrected chi connectivity index (χ4v) is 3.04. The summed E-state index contributed by atoms with van der Waals surface area (Å²) in [6.07, 6.45) is 0. The van der Waals surface area contributed by atoms with Crippen LogP contribution in [0.3, 0.4) is 0 Å². The molecule has 21 heavy (non-hydrogen) atoms. The van der Waals surface area contributed by atoms with E-state index in [0.717, 1.165) is 5.69 Å². The molecule has 120 valence electrons. The van der Waals surface area contributed by atoms with E-state index in [1.165, 1.54) is 7.11 Å². The predicted molar refractivity (Wildman–Crippen MR) is 75.1 cm³/mol. The smallest absolute Gasteiger partial charge is 0.264 e. The molecule has 10 heteroatoms. The molecule has 0 saturated heterocycles. The molecular formula is C11H18NO7S2+. The molecule has 0 fully saturated rings. The molecular weight excluding hydrogens is 322 g/mol. The Morgan fingerprint density at radius 2 is 1.71 bits per heavy atom. The number of hydrogen-bond acceptors (Lipinski definition) is 6. The highest BCUT2D eigenvalue weighted by Crippen LogP contribution is 1.99. The van der Waals surface area contributed by atoms with Crippen molar-refractivity contribution in [1.29, 1.82) is 0 Å². The molecule has 0 aromatic heterocycles. The summed E-state index contributed by atoms with van der Waals surface area (Å²) in [7, 11) is -6.68. The molecule has 1 rings (SSSR count). The molecule has 0 aliphatic rings. The molecule has 1 aromatic rings. The molecule has 1 unspecified atom stereocenters. The van der Waals surface area contributed by atoms with Gasteiger partial charge in [0.25, 0.3) is 0 Å². The van der Waals surface area contributed by atoms with E-state index >= 15 is 0 Å². The van der Waals surface area contributed by atoms with Gasteiger partial charge in [-0.15, -0.1) is 0 Å². The van der Waals surface area contributed by atoms with E-state index in [1.54, 1.807) is 12.1 Å². The second-order valence-corrected chi connectivity index (χ2v) is 7.54. The van der Waals surface area contributed by atoms with Gasteiger partial charge in [0, 0.05) is 12.1 Å². The van der Waals surface area contributed by atoms with Crippen LogP contribution in [-0.2, 0) is 29.3 Å². The summed E-state index contributed by atoms with van der Waals surface area (Å²) < 4.78 is 56.5. The summed E-state index contributed by atoms with van der Waals surface area (Å²) >= 11 is 0. The maximum atomic E-state index is 11.7. The Balaban J connectivity index is 2.52. The van der Waals surface area contributed by atoms with Gasteiger partial charge in [-0.1, -0.05) is 18.2 Å². The fraction of sp³-hybridized carbons (Fsp3) is 0.455. The van der Waals surface area contributed by atoms with Gasteiger partial charge >= 0.3 is 10.4 Å². The number of quaternary nitrogens is 1. The van der Waals surface area contributed by atoms with Crippen molar-refractivity contribution < 1.29 is 35.5 Å². The third kappa shape index (κ3) is 7.50. The van der Waals surface area contributed by atoms with Crippen molar-refractivity contribution in [3.63, 3.8) is 0 Å². The van der Waals surface area contributed by atoms with E-state index in [9.17, 15) is 16.8 Å². The second kappa shape index (κ2) is 7.82. The summed E-state index contributed by atoms with van der Waals surface area (Å²) in [5.74, 6) is -0.710. The summed E-state index contributed by atoms with van der Waals surface area (Å²) in [6, 6.07) is 9.05. The molecule has 0 amide bonds. The SMILES string of the molecule is CO[NH+](CCS(=O)(=O)CCOS(=O)(=O)O)c1ccccc1. The average Bonchev–Trinajstić information content (AvgIpc) is 2.38. The van der Waals surface area contributed by atoms with Crippen LogP contribution in [0.2, 0.25) is 0 Å². The first-order valence-corrected chi connectivity index (χ1v) is 9.20. The molecule has 2 N–H and O–H groups in total. The maximum absolute atomic E-state index is 11.7. The molecule has 0 aliphatic heterocycles. The zero-order valence-electron chi connectivity index (χ0n) is 11.4. The van der Waals surface area contributed by atoms with Crippen molar-refractivity contribution in [3.8, 4) is 0 Å². The molecule has 0 bridgehead atoms. The molecule has 1 aromatic carbocycles. The van der Waals surface area contributed by atoms with Crippen LogP contribution in [0.25, 0.3) is 0 Å². The first-order chi connectivity index (χ1) is 9.73. The lowest BCUT2D eigenvalue weighted by atomic mass is 10.3. The van der Waals surface area contributed by atoms with Gasteiger partial charge in [-0.3, -0.25) is 4.55 Å². The van der Waals surface area contributed by atoms with Gasteiger partial charge in [-0.2, -0.15) is 13.5 Å². The topological polar surface area (TPSA) is 111 Å². The predicted octanol–water partition coefficient (Wildman–Crippen LogP) is -1.00. The van der Waals surface area contributed by atoms with Crippen LogP contribution in [-0.4, -0.2) is 53.2 Å². The highest BCUT2D eigenvalue weighted by atomic mass is 32.3. The lowest BCUT2D eigenvalue weighted by Crippen LogP contribution is -3.06. The van der Waals surface area contributed by atoms with Crippen LogP contribution in [0, 0.1) is 0 Å². The molecule has 0 spiro atoms. The average molecular weight is 340 g/mol. The molecule has 0 aliphatic carbocycles. The van der Waals surface area contributed by atoms with Crippen molar-refractivity contribution in [2.45, 2.75) is 0 Å². The standard InChI is InChI=1S/C11H17NO7S2/c1-18-12(11-5-3-2-4-6-11)7-9-20(13,14)10-8-19-21(15,16)17/h2-6H,7-10H2,1H3,(H,15,16,17)/p+1. The summed E-state index contributed by atoms with van der Waals surface area (Å²) in [4.78, 5) is 5.18. The van der Waals surface area contributed by atoms with Gasteiger partial charge < -0.3 is 0 Å². The van der Waals surface area contributed by atoms with Crippen LogP contribution >= 0.6 is 0 Å². The third-order valence-corrected chi connectivity index (χ3v) is 4.69. The van der Waals surface area contributed by atoms with Crippen molar-refractivity contribution in [3.05, 3.63) is 30.3 Å². The Bertz CT molecular complexity index is 628. The minimum absolute atomic E-state index is 0.161. The molecule has 0 radical (unpaired) electrons. The van der Waals surface area contributed by atoms with Crippen LogP contribution < -0.4 is 5.06 Å². The van der Waals surface area contributed by atoms with Gasteiger partial charge in [0.1, 0.15) is 12.3 Å². The molecule has 0 saturated carbocycles. The third-order valence-electron chi connectivity index (χ3n) is 2.61. The van der Waals surface area contributed by atoms with E-state index in [1.807, 2.05) is 18.2 Å². The monoisotopic (exact) mass is 340 g/mol. The summed E-state index contributed by atoms with van der Waals surface area (Å²) in [5.41, 5.74) is 0.782. The first kappa shape index (κ1) is 18.0. The zero-order valence-corrected chi connectivity index (χ0v) is 13.1. The second-order valence-electron chi connectivity index (χ2n) is 4.14. The minimum atomic E-state index is -4.62. The summed E-state index contributed by atoms with van der Waals surface area (Å²) in [6.45, 7) is -0.455. The largest absolute Gasteiger partial charge is 0.397 e. The Hall–Kier alpha value is -1.04. The maximum Gasteiger partial charge on any atom is 0.397 e. The van der Waals surface area contributed by atoms with E-state index < -0.39 is 32.6 Å². The Kier molecular flexibility index (Phi) is 6.71. The van der Waals surface area contributed by atoms with Crippen LogP contribution in [0.1, 0.15) is 0 Å². The van der Waals surface area contributed by atoms with Crippen LogP contribution in [0.15, 0.2) is 30.3 Å². The Morgan fingerprint density at radius 1 is 1.10 bits per heavy atom. The number of hydroxylamine groups is 1. The Morgan fingerprint density at radius 3 is 2.24 bits per heavy atom. The van der Waals surface area contributed by atoms with E-state index in [2.05, 4.69) is 4.18 Å². The lowest BCUT2D eigenvalue weighted by molar-refractivity contribution is -1.03. The van der Waals surface area contributed by atoms with Gasteiger partial charge in [0.15, 0.2) is 15.5 Å². The van der Waals surface area contributed by atoms with Crippen molar-refractivity contribution >= 4 is 25.9 Å². The normalized spacial score (nSPS) is 14.0. The number of hydrogen-bond donors (Lipinski definition) is 2. The van der Waals surface area contributed by atoms with E-state index in [-0.39, 0.29) is 12.3 Å². The molecule has 0 heterocycles. The summed E-state index contributed by atoms with van der Waals surface area (Å²) in [5, 5.41) is 0.523. The Labute approximate surface area is 124 Å². The lowest BCUT2D eigenvalue weighted by Gasteiger charge is -2.14. The van der Waals surface area contributed by atoms with Gasteiger partial charge in [0.05, 0.1) is 19.5 Å². The first-order valence-electron chi connectivity index (χ1n) is 6.01. The van der Waals surface area contributed by atoms with Crippen molar-refractivity contribution in [2.24, 2.45) is 0 Å². The van der Waals surface area contributed by atoms with Gasteiger partial charge in [-0.25, -0.2) is 17.4 Å². The number of sulfone groups is 1. The van der Waals surface area contributed by atoms with Gasteiger partial charge in [0.2, 0.25) is 0 Å². The quantitative estimate of drug-likeness (QED) is 0.438. The number of benzene rings is 1. The fourth-order valence-electron chi connectivity index (χ4n) is 1.60. The number of nitrogens with one attached hydrogen (secondary N) is 1. The molecule has 1 atom stereocenters. The van der Waals surface area contributed by atoms with Crippen LogP contribution in [0.5, 0.6) is 0 Å². The highest BCUT2D eigenvalue weighted by Gasteiger charge is 2.19. The van der Waals surface area contributed by atoms with Crippen molar-refractivity contribution in [2.75, 3.05) is 31.8 Å².